The molecule has 0 aliphatic heterocycles. The van der Waals surface area contributed by atoms with Crippen LogP contribution in [0.3, 0.4) is 0 Å². The van der Waals surface area contributed by atoms with Gasteiger partial charge in [0.15, 0.2) is 0 Å². The quantitative estimate of drug-likeness (QED) is 0.856. The second-order valence-electron chi connectivity index (χ2n) is 4.34. The second kappa shape index (κ2) is 7.81. The monoisotopic (exact) mass is 281 g/mol. The topological polar surface area (TPSA) is 50.1 Å². The number of phenolic OH excluding ortho intramolecular Hbond substituents is 1. The lowest BCUT2D eigenvalue weighted by Gasteiger charge is -2.03. The fraction of sp³-hybridized carbons (Fsp3) is 0.357. The molecule has 0 saturated heterocycles. The van der Waals surface area contributed by atoms with Crippen LogP contribution in [0.15, 0.2) is 36.5 Å². The van der Waals surface area contributed by atoms with Crippen LogP contribution in [0.25, 0.3) is 0 Å². The molecule has 0 saturated carbocycles. The lowest BCUT2D eigenvalue weighted by molar-refractivity contribution is 0.474. The van der Waals surface area contributed by atoms with E-state index in [0.29, 0.717) is 5.75 Å². The molecule has 1 aromatic heterocycles. The summed E-state index contributed by atoms with van der Waals surface area (Å²) in [4.78, 5) is 0. The molecule has 0 atom stereocenters. The van der Waals surface area contributed by atoms with Crippen LogP contribution in [0.4, 0.5) is 0 Å². The summed E-state index contributed by atoms with van der Waals surface area (Å²) in [5.74, 6) is 0.307. The third-order valence-corrected chi connectivity index (χ3v) is 2.69. The predicted octanol–water partition coefficient (Wildman–Crippen LogP) is 2.71. The van der Waals surface area contributed by atoms with Gasteiger partial charge in [-0.05, 0) is 30.2 Å². The van der Waals surface area contributed by atoms with Crippen molar-refractivity contribution in [2.45, 2.75) is 33.0 Å². The molecule has 2 rings (SSSR count). The molecule has 1 heterocycles. The minimum Gasteiger partial charge on any atom is -0.508 e. The third kappa shape index (κ3) is 4.93. The van der Waals surface area contributed by atoms with Crippen LogP contribution >= 0.6 is 12.4 Å². The average molecular weight is 282 g/mol. The van der Waals surface area contributed by atoms with E-state index in [0.717, 1.165) is 37.3 Å². The van der Waals surface area contributed by atoms with Crippen LogP contribution in [-0.4, -0.2) is 14.9 Å². The maximum absolute atomic E-state index is 9.35. The van der Waals surface area contributed by atoms with E-state index < -0.39 is 0 Å². The molecule has 0 unspecified atom stereocenters. The Kier molecular flexibility index (Phi) is 6.39. The van der Waals surface area contributed by atoms with Crippen LogP contribution in [0, 0.1) is 0 Å². The molecule has 1 aromatic carbocycles. The number of benzene rings is 1. The predicted molar refractivity (Wildman–Crippen MR) is 78.4 cm³/mol. The van der Waals surface area contributed by atoms with Crippen molar-refractivity contribution in [2.24, 2.45) is 0 Å². The first-order valence-corrected chi connectivity index (χ1v) is 6.29. The summed E-state index contributed by atoms with van der Waals surface area (Å²) in [5, 5.41) is 17.1. The van der Waals surface area contributed by atoms with Gasteiger partial charge < -0.3 is 10.4 Å². The largest absolute Gasteiger partial charge is 0.508 e. The van der Waals surface area contributed by atoms with Gasteiger partial charge in [0.2, 0.25) is 0 Å². The maximum Gasteiger partial charge on any atom is 0.115 e. The maximum atomic E-state index is 9.35. The molecule has 0 aliphatic rings. The molecule has 5 heteroatoms. The molecule has 4 nitrogen and oxygen atoms in total. The summed E-state index contributed by atoms with van der Waals surface area (Å²) in [5.41, 5.74) is 2.12. The minimum absolute atomic E-state index is 0. The lowest BCUT2D eigenvalue weighted by Crippen LogP contribution is -2.13. The summed E-state index contributed by atoms with van der Waals surface area (Å²) in [6.07, 6.45) is 3.10. The summed E-state index contributed by atoms with van der Waals surface area (Å²) in [6.45, 7) is 4.58. The molecule has 0 spiro atoms. The summed E-state index contributed by atoms with van der Waals surface area (Å²) >= 11 is 0. The Balaban J connectivity index is 0.00000180. The number of hydrogen-bond acceptors (Lipinski definition) is 3. The van der Waals surface area contributed by atoms with Crippen molar-refractivity contribution in [2.75, 3.05) is 0 Å². The molecular formula is C14H20ClN3O. The molecule has 2 N–H and O–H groups in total. The number of rotatable bonds is 6. The van der Waals surface area contributed by atoms with E-state index in [1.54, 1.807) is 12.1 Å². The van der Waals surface area contributed by atoms with Gasteiger partial charge in [-0.25, -0.2) is 0 Å². The van der Waals surface area contributed by atoms with E-state index in [9.17, 15) is 5.11 Å². The van der Waals surface area contributed by atoms with Crippen molar-refractivity contribution >= 4 is 12.4 Å². The summed E-state index contributed by atoms with van der Waals surface area (Å²) in [6, 6.07) is 9.31. The Morgan fingerprint density at radius 1 is 1.26 bits per heavy atom. The standard InChI is InChI=1S/C14H19N3O.ClH/c1-2-7-17-8-6-13(16-17)11-15-10-12-4-3-5-14(18)9-12;/h3-6,8-9,15,18H,2,7,10-11H2,1H3;1H. The molecule has 0 bridgehead atoms. The van der Waals surface area contributed by atoms with Gasteiger partial charge in [-0.2, -0.15) is 5.10 Å². The number of halogens is 1. The Morgan fingerprint density at radius 3 is 2.84 bits per heavy atom. The normalized spacial score (nSPS) is 10.2. The van der Waals surface area contributed by atoms with Crippen molar-refractivity contribution in [3.63, 3.8) is 0 Å². The Labute approximate surface area is 119 Å². The van der Waals surface area contributed by atoms with Gasteiger partial charge in [-0.15, -0.1) is 12.4 Å². The average Bonchev–Trinajstić information content (AvgIpc) is 2.78. The Bertz CT molecular complexity index is 499. The van der Waals surface area contributed by atoms with E-state index in [1.165, 1.54) is 0 Å². The molecular weight excluding hydrogens is 262 g/mol. The van der Waals surface area contributed by atoms with E-state index in [2.05, 4.69) is 17.3 Å². The summed E-state index contributed by atoms with van der Waals surface area (Å²) < 4.78 is 1.96. The lowest BCUT2D eigenvalue weighted by atomic mass is 10.2. The molecule has 0 radical (unpaired) electrons. The number of phenols is 1. The fourth-order valence-electron chi connectivity index (χ4n) is 1.85. The van der Waals surface area contributed by atoms with Crippen molar-refractivity contribution in [3.8, 4) is 5.75 Å². The zero-order valence-corrected chi connectivity index (χ0v) is 11.9. The zero-order chi connectivity index (χ0) is 12.8. The molecule has 0 aliphatic carbocycles. The number of nitrogens with zero attached hydrogens (tertiary/aromatic N) is 2. The van der Waals surface area contributed by atoms with Gasteiger partial charge in [-0.3, -0.25) is 4.68 Å². The van der Waals surface area contributed by atoms with Crippen molar-refractivity contribution in [1.82, 2.24) is 15.1 Å². The summed E-state index contributed by atoms with van der Waals surface area (Å²) in [7, 11) is 0. The first-order valence-electron chi connectivity index (χ1n) is 6.29. The Morgan fingerprint density at radius 2 is 2.11 bits per heavy atom. The first kappa shape index (κ1) is 15.5. The van der Waals surface area contributed by atoms with Gasteiger partial charge in [0.1, 0.15) is 5.75 Å². The first-order chi connectivity index (χ1) is 8.78. The highest BCUT2D eigenvalue weighted by Gasteiger charge is 1.99. The minimum atomic E-state index is 0. The van der Waals surface area contributed by atoms with Crippen LogP contribution in [0.2, 0.25) is 0 Å². The van der Waals surface area contributed by atoms with E-state index in [1.807, 2.05) is 29.1 Å². The van der Waals surface area contributed by atoms with Crippen LogP contribution in [0.5, 0.6) is 5.75 Å². The molecule has 2 aromatic rings. The van der Waals surface area contributed by atoms with Gasteiger partial charge in [0.05, 0.1) is 5.69 Å². The van der Waals surface area contributed by atoms with E-state index in [4.69, 9.17) is 0 Å². The third-order valence-electron chi connectivity index (χ3n) is 2.69. The second-order valence-corrected chi connectivity index (χ2v) is 4.34. The van der Waals surface area contributed by atoms with Crippen LogP contribution in [-0.2, 0) is 19.6 Å². The van der Waals surface area contributed by atoms with Crippen LogP contribution < -0.4 is 5.32 Å². The van der Waals surface area contributed by atoms with Crippen molar-refractivity contribution in [3.05, 3.63) is 47.8 Å². The number of aromatic nitrogens is 2. The number of aromatic hydroxyl groups is 1. The van der Waals surface area contributed by atoms with E-state index in [-0.39, 0.29) is 12.4 Å². The van der Waals surface area contributed by atoms with E-state index >= 15 is 0 Å². The highest BCUT2D eigenvalue weighted by atomic mass is 35.5. The highest BCUT2D eigenvalue weighted by molar-refractivity contribution is 5.85. The number of nitrogens with one attached hydrogen (secondary N) is 1. The van der Waals surface area contributed by atoms with Crippen molar-refractivity contribution < 1.29 is 5.11 Å². The zero-order valence-electron chi connectivity index (χ0n) is 11.0. The molecule has 0 fully saturated rings. The number of hydrogen-bond donors (Lipinski definition) is 2. The highest BCUT2D eigenvalue weighted by Crippen LogP contribution is 2.10. The van der Waals surface area contributed by atoms with Crippen molar-refractivity contribution in [1.29, 1.82) is 0 Å². The van der Waals surface area contributed by atoms with Gasteiger partial charge in [0.25, 0.3) is 0 Å². The molecule has 104 valence electrons. The molecule has 0 amide bonds. The van der Waals surface area contributed by atoms with Gasteiger partial charge in [-0.1, -0.05) is 19.1 Å². The SMILES string of the molecule is CCCn1ccc(CNCc2cccc(O)c2)n1.Cl. The number of aryl methyl sites for hydroxylation is 1. The smallest absolute Gasteiger partial charge is 0.115 e. The molecule has 19 heavy (non-hydrogen) atoms. The van der Waals surface area contributed by atoms with Gasteiger partial charge >= 0.3 is 0 Å². The van der Waals surface area contributed by atoms with Crippen LogP contribution in [0.1, 0.15) is 24.6 Å². The van der Waals surface area contributed by atoms with Gasteiger partial charge in [0, 0.05) is 25.8 Å². The fourth-order valence-corrected chi connectivity index (χ4v) is 1.85. The Hall–Kier alpha value is -1.52.